The molecule has 1 heterocycles. The van der Waals surface area contributed by atoms with Crippen molar-refractivity contribution >= 4 is 17.3 Å². The number of aromatic nitrogens is 2. The number of nitrogen functional groups attached to an aromatic ring is 1. The number of rotatable bonds is 2. The Labute approximate surface area is 94.8 Å². The molecule has 0 amide bonds. The molecule has 0 saturated carbocycles. The van der Waals surface area contributed by atoms with Gasteiger partial charge in [-0.25, -0.2) is 9.97 Å². The van der Waals surface area contributed by atoms with Crippen molar-refractivity contribution in [3.63, 3.8) is 0 Å². The smallest absolute Gasteiger partial charge is 0.229 e. The molecular formula is C12H14N4. The van der Waals surface area contributed by atoms with Gasteiger partial charge in [0.05, 0.1) is 0 Å². The second-order valence-corrected chi connectivity index (χ2v) is 3.65. The van der Waals surface area contributed by atoms with E-state index >= 15 is 0 Å². The molecule has 0 bridgehead atoms. The van der Waals surface area contributed by atoms with Gasteiger partial charge in [-0.1, -0.05) is 0 Å². The van der Waals surface area contributed by atoms with Crippen LogP contribution in [0.15, 0.2) is 36.7 Å². The Morgan fingerprint density at radius 3 is 2.50 bits per heavy atom. The van der Waals surface area contributed by atoms with Crippen LogP contribution in [0.4, 0.5) is 17.3 Å². The zero-order chi connectivity index (χ0) is 11.5. The highest BCUT2D eigenvalue weighted by molar-refractivity contribution is 5.62. The standard InChI is InChI=1S/C12H14N4/c1-9-8-10(4-5-11(9)13)16(2)12-14-6-3-7-15-12/h3-8H,13H2,1-2H3. The van der Waals surface area contributed by atoms with Crippen LogP contribution >= 0.6 is 0 Å². The van der Waals surface area contributed by atoms with Crippen molar-refractivity contribution in [3.05, 3.63) is 42.2 Å². The maximum atomic E-state index is 5.78. The summed E-state index contributed by atoms with van der Waals surface area (Å²) in [7, 11) is 1.93. The quantitative estimate of drug-likeness (QED) is 0.778. The van der Waals surface area contributed by atoms with Crippen LogP contribution in [0.2, 0.25) is 0 Å². The molecule has 16 heavy (non-hydrogen) atoms. The van der Waals surface area contributed by atoms with E-state index in [1.165, 1.54) is 0 Å². The van der Waals surface area contributed by atoms with Crippen molar-refractivity contribution in [2.24, 2.45) is 0 Å². The van der Waals surface area contributed by atoms with Crippen LogP contribution in [0, 0.1) is 6.92 Å². The number of benzene rings is 1. The third kappa shape index (κ3) is 1.95. The monoisotopic (exact) mass is 214 g/mol. The zero-order valence-electron chi connectivity index (χ0n) is 9.38. The fourth-order valence-corrected chi connectivity index (χ4v) is 1.45. The van der Waals surface area contributed by atoms with Gasteiger partial charge in [-0.2, -0.15) is 0 Å². The highest BCUT2D eigenvalue weighted by Crippen LogP contribution is 2.23. The van der Waals surface area contributed by atoms with Crippen molar-refractivity contribution in [2.45, 2.75) is 6.92 Å². The summed E-state index contributed by atoms with van der Waals surface area (Å²) in [5.41, 5.74) is 8.66. The van der Waals surface area contributed by atoms with E-state index in [4.69, 9.17) is 5.73 Å². The van der Waals surface area contributed by atoms with Crippen molar-refractivity contribution < 1.29 is 0 Å². The largest absolute Gasteiger partial charge is 0.399 e. The molecule has 2 aromatic rings. The molecule has 4 heteroatoms. The molecule has 0 spiro atoms. The molecule has 2 N–H and O–H groups in total. The zero-order valence-corrected chi connectivity index (χ0v) is 9.38. The Kier molecular flexibility index (Phi) is 2.72. The van der Waals surface area contributed by atoms with Crippen molar-refractivity contribution in [2.75, 3.05) is 17.7 Å². The van der Waals surface area contributed by atoms with Crippen LogP contribution in [0.5, 0.6) is 0 Å². The summed E-state index contributed by atoms with van der Waals surface area (Å²) in [5.74, 6) is 0.673. The van der Waals surface area contributed by atoms with Gasteiger partial charge in [0.1, 0.15) is 0 Å². The van der Waals surface area contributed by atoms with Gasteiger partial charge in [-0.15, -0.1) is 0 Å². The van der Waals surface area contributed by atoms with Crippen LogP contribution in [0.1, 0.15) is 5.56 Å². The lowest BCUT2D eigenvalue weighted by Crippen LogP contribution is -2.12. The molecule has 0 aliphatic heterocycles. The maximum absolute atomic E-state index is 5.78. The van der Waals surface area contributed by atoms with Crippen molar-refractivity contribution in [1.82, 2.24) is 9.97 Å². The van der Waals surface area contributed by atoms with E-state index < -0.39 is 0 Å². The summed E-state index contributed by atoms with van der Waals surface area (Å²) >= 11 is 0. The minimum atomic E-state index is 0.673. The molecule has 0 atom stereocenters. The summed E-state index contributed by atoms with van der Waals surface area (Å²) in [6, 6.07) is 7.67. The molecule has 0 aliphatic carbocycles. The van der Waals surface area contributed by atoms with Crippen LogP contribution in [0.25, 0.3) is 0 Å². The number of anilines is 3. The minimum Gasteiger partial charge on any atom is -0.399 e. The van der Waals surface area contributed by atoms with E-state index in [9.17, 15) is 0 Å². The summed E-state index contributed by atoms with van der Waals surface area (Å²) in [4.78, 5) is 10.3. The van der Waals surface area contributed by atoms with Crippen LogP contribution in [-0.4, -0.2) is 17.0 Å². The molecule has 0 unspecified atom stereocenters. The molecule has 4 nitrogen and oxygen atoms in total. The van der Waals surface area contributed by atoms with Crippen LogP contribution in [-0.2, 0) is 0 Å². The van der Waals surface area contributed by atoms with E-state index in [0.29, 0.717) is 5.95 Å². The third-order valence-corrected chi connectivity index (χ3v) is 2.49. The highest BCUT2D eigenvalue weighted by Gasteiger charge is 2.06. The van der Waals surface area contributed by atoms with E-state index in [-0.39, 0.29) is 0 Å². The number of hydrogen-bond acceptors (Lipinski definition) is 4. The third-order valence-electron chi connectivity index (χ3n) is 2.49. The Bertz CT molecular complexity index is 482. The average Bonchev–Trinajstić information content (AvgIpc) is 2.33. The van der Waals surface area contributed by atoms with Crippen molar-refractivity contribution in [1.29, 1.82) is 0 Å². The Balaban J connectivity index is 2.34. The number of aryl methyl sites for hydroxylation is 1. The summed E-state index contributed by atoms with van der Waals surface area (Å²) < 4.78 is 0. The fraction of sp³-hybridized carbons (Fsp3) is 0.167. The molecule has 82 valence electrons. The van der Waals surface area contributed by atoms with Crippen LogP contribution in [0.3, 0.4) is 0 Å². The van der Waals surface area contributed by atoms with Crippen LogP contribution < -0.4 is 10.6 Å². The number of nitrogens with zero attached hydrogens (tertiary/aromatic N) is 3. The number of nitrogens with two attached hydrogens (primary N) is 1. The average molecular weight is 214 g/mol. The second-order valence-electron chi connectivity index (χ2n) is 3.65. The Morgan fingerprint density at radius 1 is 1.19 bits per heavy atom. The van der Waals surface area contributed by atoms with E-state index in [0.717, 1.165) is 16.9 Å². The Hall–Kier alpha value is -2.10. The predicted molar refractivity (Wildman–Crippen MR) is 65.7 cm³/mol. The maximum Gasteiger partial charge on any atom is 0.229 e. The lowest BCUT2D eigenvalue weighted by Gasteiger charge is -2.17. The van der Waals surface area contributed by atoms with Gasteiger partial charge in [0.25, 0.3) is 0 Å². The fourth-order valence-electron chi connectivity index (χ4n) is 1.45. The lowest BCUT2D eigenvalue weighted by atomic mass is 10.2. The van der Waals surface area contributed by atoms with Gasteiger partial charge in [0, 0.05) is 30.8 Å². The first-order valence-electron chi connectivity index (χ1n) is 5.05. The molecule has 1 aromatic carbocycles. The van der Waals surface area contributed by atoms with E-state index in [1.54, 1.807) is 18.5 Å². The van der Waals surface area contributed by atoms with Gasteiger partial charge < -0.3 is 10.6 Å². The molecule has 1 aromatic heterocycles. The molecule has 2 rings (SSSR count). The summed E-state index contributed by atoms with van der Waals surface area (Å²) in [6.45, 7) is 1.98. The van der Waals surface area contributed by atoms with Gasteiger partial charge in [0.15, 0.2) is 0 Å². The first-order valence-corrected chi connectivity index (χ1v) is 5.05. The van der Waals surface area contributed by atoms with Crippen molar-refractivity contribution in [3.8, 4) is 0 Å². The first-order chi connectivity index (χ1) is 7.68. The lowest BCUT2D eigenvalue weighted by molar-refractivity contribution is 1.04. The molecule has 0 fully saturated rings. The van der Waals surface area contributed by atoms with Gasteiger partial charge in [-0.05, 0) is 36.8 Å². The van der Waals surface area contributed by atoms with E-state index in [1.807, 2.05) is 37.1 Å². The highest BCUT2D eigenvalue weighted by atomic mass is 15.2. The molecule has 0 aliphatic rings. The SMILES string of the molecule is Cc1cc(N(C)c2ncccn2)ccc1N. The summed E-state index contributed by atoms with van der Waals surface area (Å²) in [6.07, 6.45) is 3.45. The summed E-state index contributed by atoms with van der Waals surface area (Å²) in [5, 5.41) is 0. The normalized spacial score (nSPS) is 10.1. The van der Waals surface area contributed by atoms with Gasteiger partial charge in [0.2, 0.25) is 5.95 Å². The predicted octanol–water partition coefficient (Wildman–Crippen LogP) is 2.14. The molecule has 0 saturated heterocycles. The topological polar surface area (TPSA) is 55.0 Å². The van der Waals surface area contributed by atoms with Gasteiger partial charge in [-0.3, -0.25) is 0 Å². The Morgan fingerprint density at radius 2 is 1.88 bits per heavy atom. The van der Waals surface area contributed by atoms with E-state index in [2.05, 4.69) is 9.97 Å². The molecular weight excluding hydrogens is 200 g/mol. The van der Waals surface area contributed by atoms with Gasteiger partial charge >= 0.3 is 0 Å². The number of hydrogen-bond donors (Lipinski definition) is 1. The second kappa shape index (κ2) is 4.18. The molecule has 0 radical (unpaired) electrons. The minimum absolute atomic E-state index is 0.673. The first kappa shape index (κ1) is 10.4.